The number of hydrogen-bond acceptors (Lipinski definition) is 6. The van der Waals surface area contributed by atoms with E-state index < -0.39 is 28.4 Å². The molecule has 1 aliphatic rings. The van der Waals surface area contributed by atoms with Crippen LogP contribution in [0.2, 0.25) is 0 Å². The van der Waals surface area contributed by atoms with Crippen LogP contribution >= 0.6 is 0 Å². The number of nitro benzene ring substituents is 1. The van der Waals surface area contributed by atoms with Gasteiger partial charge in [0.1, 0.15) is 5.76 Å². The zero-order valence-corrected chi connectivity index (χ0v) is 18.3. The summed E-state index contributed by atoms with van der Waals surface area (Å²) in [4.78, 5) is 37.8. The average Bonchev–Trinajstić information content (AvgIpc) is 3.04. The monoisotopic (exact) mass is 438 g/mol. The van der Waals surface area contributed by atoms with E-state index in [0.717, 1.165) is 5.56 Å². The molecule has 0 aliphatic carbocycles. The highest BCUT2D eigenvalue weighted by atomic mass is 16.6. The van der Waals surface area contributed by atoms with E-state index >= 15 is 0 Å². The summed E-state index contributed by atoms with van der Waals surface area (Å²) >= 11 is 0. The van der Waals surface area contributed by atoms with Gasteiger partial charge in [0.05, 0.1) is 16.5 Å². The molecule has 1 amide bonds. The van der Waals surface area contributed by atoms with Gasteiger partial charge in [0.2, 0.25) is 0 Å². The molecule has 168 valence electrons. The van der Waals surface area contributed by atoms with Crippen LogP contribution in [0.15, 0.2) is 54.1 Å². The number of non-ortho nitro benzene ring substituents is 1. The summed E-state index contributed by atoms with van der Waals surface area (Å²) in [6, 6.07) is 12.1. The van der Waals surface area contributed by atoms with Crippen molar-refractivity contribution in [2.75, 3.05) is 20.3 Å². The van der Waals surface area contributed by atoms with Crippen LogP contribution in [-0.4, -0.2) is 46.9 Å². The van der Waals surface area contributed by atoms with E-state index in [1.165, 1.54) is 29.2 Å². The molecule has 32 heavy (non-hydrogen) atoms. The number of nitro groups is 1. The molecule has 1 aliphatic heterocycles. The highest BCUT2D eigenvalue weighted by Gasteiger charge is 2.45. The quantitative estimate of drug-likeness (QED) is 0.165. The Morgan fingerprint density at radius 2 is 1.88 bits per heavy atom. The third-order valence-electron chi connectivity index (χ3n) is 5.54. The van der Waals surface area contributed by atoms with Gasteiger partial charge in [-0.25, -0.2) is 0 Å². The Morgan fingerprint density at radius 3 is 2.47 bits per heavy atom. The lowest BCUT2D eigenvalue weighted by Gasteiger charge is -2.25. The number of hydrogen-bond donors (Lipinski definition) is 1. The fourth-order valence-corrected chi connectivity index (χ4v) is 3.82. The highest BCUT2D eigenvalue weighted by molar-refractivity contribution is 6.46. The van der Waals surface area contributed by atoms with Crippen molar-refractivity contribution in [3.05, 3.63) is 80.9 Å². The summed E-state index contributed by atoms with van der Waals surface area (Å²) in [7, 11) is 1.55. The third-order valence-corrected chi connectivity index (χ3v) is 5.54. The van der Waals surface area contributed by atoms with E-state index in [2.05, 4.69) is 13.8 Å². The van der Waals surface area contributed by atoms with E-state index in [0.29, 0.717) is 24.5 Å². The van der Waals surface area contributed by atoms with Crippen molar-refractivity contribution in [2.45, 2.75) is 32.2 Å². The molecule has 1 saturated heterocycles. The van der Waals surface area contributed by atoms with Crippen molar-refractivity contribution in [3.63, 3.8) is 0 Å². The van der Waals surface area contributed by atoms with E-state index in [4.69, 9.17) is 4.74 Å². The van der Waals surface area contributed by atoms with Gasteiger partial charge in [-0.05, 0) is 23.5 Å². The van der Waals surface area contributed by atoms with Crippen LogP contribution in [0.5, 0.6) is 0 Å². The van der Waals surface area contributed by atoms with Crippen molar-refractivity contribution in [1.82, 2.24) is 4.90 Å². The Morgan fingerprint density at radius 1 is 1.19 bits per heavy atom. The summed E-state index contributed by atoms with van der Waals surface area (Å²) < 4.78 is 5.08. The zero-order valence-electron chi connectivity index (χ0n) is 18.3. The summed E-state index contributed by atoms with van der Waals surface area (Å²) in [5.41, 5.74) is 1.59. The van der Waals surface area contributed by atoms with Gasteiger partial charge in [0.25, 0.3) is 17.4 Å². The fourth-order valence-electron chi connectivity index (χ4n) is 3.82. The van der Waals surface area contributed by atoms with Gasteiger partial charge in [0.15, 0.2) is 0 Å². The van der Waals surface area contributed by atoms with Crippen LogP contribution in [0.25, 0.3) is 5.76 Å². The van der Waals surface area contributed by atoms with E-state index in [1.54, 1.807) is 7.11 Å². The Balaban J connectivity index is 2.13. The number of ether oxygens (including phenoxy) is 1. The summed E-state index contributed by atoms with van der Waals surface area (Å²) in [6.45, 7) is 4.80. The van der Waals surface area contributed by atoms with Crippen molar-refractivity contribution in [3.8, 4) is 0 Å². The molecule has 2 aromatic carbocycles. The van der Waals surface area contributed by atoms with Crippen LogP contribution in [0.3, 0.4) is 0 Å². The molecule has 8 heteroatoms. The van der Waals surface area contributed by atoms with E-state index in [1.807, 2.05) is 24.3 Å². The molecule has 1 unspecified atom stereocenters. The Hall–Kier alpha value is -3.52. The van der Waals surface area contributed by atoms with Crippen LogP contribution < -0.4 is 0 Å². The van der Waals surface area contributed by atoms with Gasteiger partial charge in [-0.2, -0.15) is 0 Å². The second-order valence-electron chi connectivity index (χ2n) is 7.97. The number of carbonyl (C=O) groups is 2. The van der Waals surface area contributed by atoms with Crippen LogP contribution in [0, 0.1) is 10.1 Å². The van der Waals surface area contributed by atoms with Gasteiger partial charge in [0, 0.05) is 38.0 Å². The number of methoxy groups -OCH3 is 1. The second-order valence-corrected chi connectivity index (χ2v) is 7.97. The first-order chi connectivity index (χ1) is 15.3. The smallest absolute Gasteiger partial charge is 0.295 e. The number of rotatable bonds is 8. The zero-order chi connectivity index (χ0) is 23.4. The number of ketones is 1. The number of Topliss-reactive ketones (excluding diaryl/α,β-unsaturated/α-hetero) is 1. The van der Waals surface area contributed by atoms with E-state index in [9.17, 15) is 24.8 Å². The summed E-state index contributed by atoms with van der Waals surface area (Å²) in [5.74, 6) is -1.66. The maximum Gasteiger partial charge on any atom is 0.295 e. The largest absolute Gasteiger partial charge is 0.507 e. The number of aliphatic hydroxyl groups excluding tert-OH is 1. The minimum absolute atomic E-state index is 0.0785. The molecule has 2 aromatic rings. The third kappa shape index (κ3) is 4.55. The molecule has 1 N–H and O–H groups in total. The molecule has 1 atom stereocenters. The van der Waals surface area contributed by atoms with Gasteiger partial charge < -0.3 is 14.7 Å². The highest BCUT2D eigenvalue weighted by Crippen LogP contribution is 2.40. The number of amides is 1. The average molecular weight is 438 g/mol. The second kappa shape index (κ2) is 9.74. The predicted octanol–water partition coefficient (Wildman–Crippen LogP) is 4.18. The van der Waals surface area contributed by atoms with Gasteiger partial charge in [-0.1, -0.05) is 50.2 Å². The molecule has 0 saturated carbocycles. The fraction of sp³-hybridized carbons (Fsp3) is 0.333. The first-order valence-corrected chi connectivity index (χ1v) is 10.4. The van der Waals surface area contributed by atoms with Crippen LogP contribution in [-0.2, 0) is 14.3 Å². The predicted molar refractivity (Wildman–Crippen MR) is 119 cm³/mol. The molecule has 0 aromatic heterocycles. The van der Waals surface area contributed by atoms with Gasteiger partial charge in [-0.3, -0.25) is 19.7 Å². The maximum atomic E-state index is 13.0. The Bertz CT molecular complexity index is 1060. The van der Waals surface area contributed by atoms with Gasteiger partial charge >= 0.3 is 0 Å². The van der Waals surface area contributed by atoms with Crippen molar-refractivity contribution in [2.24, 2.45) is 0 Å². The topological polar surface area (TPSA) is 110 Å². The number of benzene rings is 2. The first kappa shape index (κ1) is 23.1. The summed E-state index contributed by atoms with van der Waals surface area (Å²) in [5, 5.41) is 22.2. The molecule has 0 spiro atoms. The molecule has 8 nitrogen and oxygen atoms in total. The van der Waals surface area contributed by atoms with Crippen LogP contribution in [0.1, 0.15) is 48.9 Å². The lowest BCUT2D eigenvalue weighted by molar-refractivity contribution is -0.384. The van der Waals surface area contributed by atoms with E-state index in [-0.39, 0.29) is 23.4 Å². The number of likely N-dealkylation sites (tertiary alicyclic amines) is 1. The minimum atomic E-state index is -0.815. The standard InChI is InChI=1S/C24H26N2O6/c1-15(2)16-8-10-17(11-9-16)21-20(23(28)24(29)25(21)12-5-13-32-3)22(27)18-6-4-7-19(14-18)26(30)31/h4,6-11,14-15,21,27H,5,12-13H2,1-3H3/b22-20-. The maximum absolute atomic E-state index is 13.0. The van der Waals surface area contributed by atoms with Crippen molar-refractivity contribution in [1.29, 1.82) is 0 Å². The minimum Gasteiger partial charge on any atom is -0.507 e. The summed E-state index contributed by atoms with van der Waals surface area (Å²) in [6.07, 6.45) is 0.515. The first-order valence-electron chi connectivity index (χ1n) is 10.4. The van der Waals surface area contributed by atoms with Crippen LogP contribution in [0.4, 0.5) is 5.69 Å². The molecule has 0 radical (unpaired) electrons. The van der Waals surface area contributed by atoms with Crippen molar-refractivity contribution < 1.29 is 24.4 Å². The lowest BCUT2D eigenvalue weighted by atomic mass is 9.93. The SMILES string of the molecule is COCCCN1C(=O)C(=O)/C(=C(\O)c2cccc([N+](=O)[O-])c2)C1c1ccc(C(C)C)cc1. The molecular weight excluding hydrogens is 412 g/mol. The molecule has 3 rings (SSSR count). The number of carbonyl (C=O) groups excluding carboxylic acids is 2. The normalized spacial score (nSPS) is 17.9. The number of aliphatic hydroxyl groups is 1. The Labute approximate surface area is 186 Å². The lowest BCUT2D eigenvalue weighted by Crippen LogP contribution is -2.31. The molecule has 1 heterocycles. The Kier molecular flexibility index (Phi) is 7.05. The van der Waals surface area contributed by atoms with Gasteiger partial charge in [-0.15, -0.1) is 0 Å². The molecule has 1 fully saturated rings. The van der Waals surface area contributed by atoms with Crippen molar-refractivity contribution >= 4 is 23.1 Å². The molecule has 0 bridgehead atoms. The number of nitrogens with zero attached hydrogens (tertiary/aromatic N) is 2. The molecular formula is C24H26N2O6.